The largest absolute Gasteiger partial charge is 0.438 e. The molecular formula is C13H15N3O. The van der Waals surface area contributed by atoms with Gasteiger partial charge in [0.25, 0.3) is 0 Å². The fraction of sp³-hybridized carbons (Fsp3) is 0.231. The quantitative estimate of drug-likeness (QED) is 0.853. The summed E-state index contributed by atoms with van der Waals surface area (Å²) in [6.45, 7) is 0.671. The number of para-hydroxylation sites is 1. The molecule has 17 heavy (non-hydrogen) atoms. The molecule has 0 saturated carbocycles. The van der Waals surface area contributed by atoms with Crippen molar-refractivity contribution >= 4 is 0 Å². The Morgan fingerprint density at radius 3 is 2.47 bits per heavy atom. The van der Waals surface area contributed by atoms with Crippen LogP contribution in [0.2, 0.25) is 0 Å². The number of nitrogens with two attached hydrogens (primary N) is 1. The summed E-state index contributed by atoms with van der Waals surface area (Å²) >= 11 is 0. The maximum absolute atomic E-state index is 5.54. The molecule has 1 heterocycles. The monoisotopic (exact) mass is 229 g/mol. The fourth-order valence-corrected chi connectivity index (χ4v) is 1.43. The van der Waals surface area contributed by atoms with Crippen molar-refractivity contribution in [2.75, 3.05) is 6.54 Å². The Labute approximate surface area is 100 Å². The van der Waals surface area contributed by atoms with Gasteiger partial charge in [-0.3, -0.25) is 0 Å². The van der Waals surface area contributed by atoms with Crippen molar-refractivity contribution in [2.24, 2.45) is 5.73 Å². The lowest BCUT2D eigenvalue weighted by molar-refractivity contribution is 0.453. The minimum Gasteiger partial charge on any atom is -0.438 e. The van der Waals surface area contributed by atoms with Crippen LogP contribution >= 0.6 is 0 Å². The van der Waals surface area contributed by atoms with Gasteiger partial charge in [-0.25, -0.2) is 0 Å². The number of benzene rings is 1. The van der Waals surface area contributed by atoms with Crippen LogP contribution in [0.25, 0.3) is 0 Å². The summed E-state index contributed by atoms with van der Waals surface area (Å²) in [7, 11) is 0. The molecule has 4 nitrogen and oxygen atoms in total. The molecule has 0 aliphatic heterocycles. The summed E-state index contributed by atoms with van der Waals surface area (Å²) in [6, 6.07) is 13.3. The van der Waals surface area contributed by atoms with Crippen molar-refractivity contribution in [1.82, 2.24) is 10.2 Å². The minimum absolute atomic E-state index is 0.507. The number of nitrogens with zero attached hydrogens (tertiary/aromatic N) is 2. The number of ether oxygens (including phenoxy) is 1. The molecule has 0 atom stereocenters. The van der Waals surface area contributed by atoms with Crippen LogP contribution in [-0.2, 0) is 6.42 Å². The van der Waals surface area contributed by atoms with Crippen molar-refractivity contribution < 1.29 is 4.74 Å². The number of aromatic nitrogens is 2. The molecule has 88 valence electrons. The topological polar surface area (TPSA) is 61.0 Å². The van der Waals surface area contributed by atoms with E-state index in [2.05, 4.69) is 10.2 Å². The highest BCUT2D eigenvalue weighted by atomic mass is 16.5. The third kappa shape index (κ3) is 3.53. The maximum Gasteiger partial charge on any atom is 0.238 e. The molecule has 2 aromatic rings. The highest BCUT2D eigenvalue weighted by molar-refractivity contribution is 5.26. The molecule has 2 rings (SSSR count). The molecule has 4 heteroatoms. The van der Waals surface area contributed by atoms with Gasteiger partial charge in [0.1, 0.15) is 5.75 Å². The van der Waals surface area contributed by atoms with Crippen LogP contribution in [0.5, 0.6) is 11.6 Å². The van der Waals surface area contributed by atoms with Crippen LogP contribution in [-0.4, -0.2) is 16.7 Å². The summed E-state index contributed by atoms with van der Waals surface area (Å²) in [5.74, 6) is 1.27. The standard InChI is InChI=1S/C13H15N3O/c14-10-4-5-11-8-9-13(16-15-11)17-12-6-2-1-3-7-12/h1-3,6-9H,4-5,10,14H2. The first-order valence-corrected chi connectivity index (χ1v) is 5.64. The second kappa shape index (κ2) is 5.96. The van der Waals surface area contributed by atoms with E-state index in [-0.39, 0.29) is 0 Å². The van der Waals surface area contributed by atoms with E-state index in [0.29, 0.717) is 12.4 Å². The Balaban J connectivity index is 1.98. The molecule has 2 N–H and O–H groups in total. The summed E-state index contributed by atoms with van der Waals surface area (Å²) in [6.07, 6.45) is 1.78. The molecule has 0 aliphatic carbocycles. The highest BCUT2D eigenvalue weighted by Gasteiger charge is 2.00. The molecule has 0 fully saturated rings. The van der Waals surface area contributed by atoms with Crippen LogP contribution in [0.3, 0.4) is 0 Å². The van der Waals surface area contributed by atoms with Crippen molar-refractivity contribution in [3.63, 3.8) is 0 Å². The summed E-state index contributed by atoms with van der Waals surface area (Å²) in [5, 5.41) is 8.10. The van der Waals surface area contributed by atoms with Gasteiger partial charge in [-0.05, 0) is 37.6 Å². The van der Waals surface area contributed by atoms with E-state index >= 15 is 0 Å². The van der Waals surface area contributed by atoms with Gasteiger partial charge in [-0.15, -0.1) is 5.10 Å². The van der Waals surface area contributed by atoms with E-state index in [0.717, 1.165) is 24.3 Å². The summed E-state index contributed by atoms with van der Waals surface area (Å²) in [5.41, 5.74) is 6.38. The van der Waals surface area contributed by atoms with Crippen molar-refractivity contribution in [2.45, 2.75) is 12.8 Å². The summed E-state index contributed by atoms with van der Waals surface area (Å²) in [4.78, 5) is 0. The Hall–Kier alpha value is -1.94. The van der Waals surface area contributed by atoms with E-state index in [4.69, 9.17) is 10.5 Å². The second-order valence-electron chi connectivity index (χ2n) is 3.67. The van der Waals surface area contributed by atoms with Crippen molar-refractivity contribution in [1.29, 1.82) is 0 Å². The van der Waals surface area contributed by atoms with Crippen LogP contribution in [0.4, 0.5) is 0 Å². The van der Waals surface area contributed by atoms with E-state index in [1.54, 1.807) is 0 Å². The zero-order valence-corrected chi connectivity index (χ0v) is 9.54. The molecule has 0 bridgehead atoms. The molecule has 0 aliphatic rings. The van der Waals surface area contributed by atoms with Gasteiger partial charge in [0.05, 0.1) is 5.69 Å². The second-order valence-corrected chi connectivity index (χ2v) is 3.67. The Morgan fingerprint density at radius 2 is 1.82 bits per heavy atom. The molecule has 1 aromatic heterocycles. The van der Waals surface area contributed by atoms with E-state index < -0.39 is 0 Å². The zero-order valence-electron chi connectivity index (χ0n) is 9.54. The lowest BCUT2D eigenvalue weighted by Gasteiger charge is -2.04. The lowest BCUT2D eigenvalue weighted by Crippen LogP contribution is -2.02. The van der Waals surface area contributed by atoms with Crippen LogP contribution < -0.4 is 10.5 Å². The summed E-state index contributed by atoms with van der Waals surface area (Å²) < 4.78 is 5.54. The number of hydrogen-bond acceptors (Lipinski definition) is 4. The molecular weight excluding hydrogens is 214 g/mol. The predicted molar refractivity (Wildman–Crippen MR) is 65.9 cm³/mol. The van der Waals surface area contributed by atoms with E-state index in [1.165, 1.54) is 0 Å². The average molecular weight is 229 g/mol. The number of aryl methyl sites for hydroxylation is 1. The smallest absolute Gasteiger partial charge is 0.238 e. The Kier molecular flexibility index (Phi) is 4.05. The van der Waals surface area contributed by atoms with Gasteiger partial charge in [0.15, 0.2) is 0 Å². The predicted octanol–water partition coefficient (Wildman–Crippen LogP) is 2.16. The Morgan fingerprint density at radius 1 is 1.00 bits per heavy atom. The zero-order chi connectivity index (χ0) is 11.9. The SMILES string of the molecule is NCCCc1ccc(Oc2ccccc2)nn1. The first-order chi connectivity index (χ1) is 8.38. The molecule has 0 saturated heterocycles. The van der Waals surface area contributed by atoms with Crippen LogP contribution in [0, 0.1) is 0 Å². The molecule has 1 aromatic carbocycles. The van der Waals surface area contributed by atoms with Gasteiger partial charge in [-0.1, -0.05) is 18.2 Å². The highest BCUT2D eigenvalue weighted by Crippen LogP contribution is 2.17. The van der Waals surface area contributed by atoms with Gasteiger partial charge in [-0.2, -0.15) is 5.10 Å². The molecule has 0 amide bonds. The first-order valence-electron chi connectivity index (χ1n) is 5.64. The van der Waals surface area contributed by atoms with Crippen molar-refractivity contribution in [3.8, 4) is 11.6 Å². The van der Waals surface area contributed by atoms with Gasteiger partial charge < -0.3 is 10.5 Å². The van der Waals surface area contributed by atoms with Crippen LogP contribution in [0.1, 0.15) is 12.1 Å². The first kappa shape index (κ1) is 11.5. The lowest BCUT2D eigenvalue weighted by atomic mass is 10.2. The van der Waals surface area contributed by atoms with Gasteiger partial charge >= 0.3 is 0 Å². The normalized spacial score (nSPS) is 10.2. The van der Waals surface area contributed by atoms with Gasteiger partial charge in [0.2, 0.25) is 5.88 Å². The third-order valence-electron chi connectivity index (χ3n) is 2.30. The Bertz CT molecular complexity index is 442. The number of hydrogen-bond donors (Lipinski definition) is 1. The van der Waals surface area contributed by atoms with Crippen LogP contribution in [0.15, 0.2) is 42.5 Å². The van der Waals surface area contributed by atoms with E-state index in [1.807, 2.05) is 42.5 Å². The third-order valence-corrected chi connectivity index (χ3v) is 2.30. The van der Waals surface area contributed by atoms with Crippen molar-refractivity contribution in [3.05, 3.63) is 48.2 Å². The maximum atomic E-state index is 5.54. The van der Waals surface area contributed by atoms with E-state index in [9.17, 15) is 0 Å². The van der Waals surface area contributed by atoms with Gasteiger partial charge in [0, 0.05) is 6.07 Å². The fourth-order valence-electron chi connectivity index (χ4n) is 1.43. The number of rotatable bonds is 5. The minimum atomic E-state index is 0.507. The molecule has 0 spiro atoms. The average Bonchev–Trinajstić information content (AvgIpc) is 2.39. The molecule has 0 radical (unpaired) electrons. The molecule has 0 unspecified atom stereocenters.